The predicted molar refractivity (Wildman–Crippen MR) is 100 cm³/mol. The van der Waals surface area contributed by atoms with Gasteiger partial charge in [0.2, 0.25) is 0 Å². The van der Waals surface area contributed by atoms with E-state index in [0.717, 1.165) is 32.7 Å². The fraction of sp³-hybridized carbons (Fsp3) is 0.533. The number of hydrogen-bond acceptors (Lipinski definition) is 4. The Morgan fingerprint density at radius 1 is 1.28 bits per heavy atom. The third-order valence-corrected chi connectivity index (χ3v) is 4.20. The molecule has 1 aromatic carbocycles. The van der Waals surface area contributed by atoms with Crippen LogP contribution >= 0.6 is 24.0 Å². The van der Waals surface area contributed by atoms with E-state index in [1.807, 2.05) is 0 Å². The van der Waals surface area contributed by atoms with Gasteiger partial charge in [-0.1, -0.05) is 6.07 Å². The van der Waals surface area contributed by atoms with E-state index in [4.69, 9.17) is 5.73 Å². The van der Waals surface area contributed by atoms with Crippen molar-refractivity contribution < 1.29 is 17.9 Å². The zero-order valence-electron chi connectivity index (χ0n) is 13.5. The van der Waals surface area contributed by atoms with E-state index < -0.39 is 6.36 Å². The number of aliphatic imine (C=N–C) groups is 1. The Bertz CT molecular complexity index is 605. The van der Waals surface area contributed by atoms with Gasteiger partial charge in [0.1, 0.15) is 5.75 Å². The summed E-state index contributed by atoms with van der Waals surface area (Å²) in [7, 11) is 0. The van der Waals surface area contributed by atoms with Gasteiger partial charge in [-0.25, -0.2) is 0 Å². The molecule has 2 bridgehead atoms. The van der Waals surface area contributed by atoms with Crippen LogP contribution in [0.3, 0.4) is 0 Å². The molecule has 3 saturated heterocycles. The summed E-state index contributed by atoms with van der Waals surface area (Å²) in [5.74, 6) is -0.124. The van der Waals surface area contributed by atoms with E-state index in [0.29, 0.717) is 18.3 Å². The molecule has 3 heterocycles. The van der Waals surface area contributed by atoms with Gasteiger partial charge < -0.3 is 15.8 Å². The molecule has 0 radical (unpaired) electrons. The molecular formula is C15H21F3IN5O. The van der Waals surface area contributed by atoms with Gasteiger partial charge in [-0.15, -0.1) is 37.1 Å². The van der Waals surface area contributed by atoms with Crippen LogP contribution in [0.5, 0.6) is 5.75 Å². The van der Waals surface area contributed by atoms with Gasteiger partial charge in [0, 0.05) is 50.5 Å². The highest BCUT2D eigenvalue weighted by atomic mass is 127. The van der Waals surface area contributed by atoms with Crippen LogP contribution in [0.2, 0.25) is 0 Å². The summed E-state index contributed by atoms with van der Waals surface area (Å²) >= 11 is 0. The zero-order chi connectivity index (χ0) is 17.2. The lowest BCUT2D eigenvalue weighted by Crippen LogP contribution is -2.61. The topological polar surface area (TPSA) is 66.1 Å². The molecule has 0 saturated carbocycles. The zero-order valence-corrected chi connectivity index (χ0v) is 15.8. The molecule has 10 heteroatoms. The summed E-state index contributed by atoms with van der Waals surface area (Å²) in [6.07, 6.45) is -4.72. The molecule has 0 aromatic heterocycles. The number of piperazine rings is 3. The van der Waals surface area contributed by atoms with Crippen molar-refractivity contribution in [2.45, 2.75) is 12.4 Å². The van der Waals surface area contributed by atoms with Crippen LogP contribution in [0, 0.1) is 0 Å². The number of ether oxygens (including phenoxy) is 1. The number of hydrogen-bond donors (Lipinski definition) is 2. The first-order valence-corrected chi connectivity index (χ1v) is 7.78. The van der Waals surface area contributed by atoms with Crippen molar-refractivity contribution in [1.29, 1.82) is 0 Å². The Balaban J connectivity index is 0.00000225. The van der Waals surface area contributed by atoms with Crippen LogP contribution in [-0.4, -0.2) is 67.4 Å². The van der Waals surface area contributed by atoms with Crippen LogP contribution in [0.1, 0.15) is 0 Å². The van der Waals surface area contributed by atoms with Gasteiger partial charge in [0.25, 0.3) is 0 Å². The monoisotopic (exact) mass is 471 g/mol. The molecule has 3 aliphatic heterocycles. The van der Waals surface area contributed by atoms with E-state index in [-0.39, 0.29) is 35.7 Å². The van der Waals surface area contributed by atoms with Gasteiger partial charge in [-0.3, -0.25) is 14.8 Å². The van der Waals surface area contributed by atoms with Crippen molar-refractivity contribution in [1.82, 2.24) is 9.80 Å². The Hall–Kier alpha value is -1.27. The Morgan fingerprint density at radius 3 is 2.60 bits per heavy atom. The van der Waals surface area contributed by atoms with Crippen molar-refractivity contribution in [2.75, 3.05) is 44.6 Å². The third kappa shape index (κ3) is 5.89. The minimum Gasteiger partial charge on any atom is -0.406 e. The fourth-order valence-corrected chi connectivity index (χ4v) is 3.06. The molecule has 1 aromatic rings. The van der Waals surface area contributed by atoms with Crippen molar-refractivity contribution >= 4 is 35.6 Å². The Labute approximate surface area is 161 Å². The highest BCUT2D eigenvalue weighted by molar-refractivity contribution is 14.0. The molecule has 1 unspecified atom stereocenters. The largest absolute Gasteiger partial charge is 0.573 e. The lowest BCUT2D eigenvalue weighted by atomic mass is 10.1. The van der Waals surface area contributed by atoms with Crippen LogP contribution in [0.25, 0.3) is 0 Å². The van der Waals surface area contributed by atoms with Gasteiger partial charge in [0.15, 0.2) is 5.96 Å². The molecule has 0 aliphatic carbocycles. The summed E-state index contributed by atoms with van der Waals surface area (Å²) in [6.45, 7) is 5.83. The van der Waals surface area contributed by atoms with E-state index >= 15 is 0 Å². The van der Waals surface area contributed by atoms with Crippen LogP contribution in [-0.2, 0) is 0 Å². The lowest BCUT2D eigenvalue weighted by Gasteiger charge is -2.47. The number of alkyl halides is 3. The molecule has 140 valence electrons. The second-order valence-electron chi connectivity index (χ2n) is 5.92. The van der Waals surface area contributed by atoms with Crippen LogP contribution < -0.4 is 15.8 Å². The average Bonchev–Trinajstić information content (AvgIpc) is 2.53. The first-order valence-electron chi connectivity index (χ1n) is 7.78. The number of guanidine groups is 1. The van der Waals surface area contributed by atoms with E-state index in [1.165, 1.54) is 18.2 Å². The summed E-state index contributed by atoms with van der Waals surface area (Å²) in [5, 5.41) is 2.80. The summed E-state index contributed by atoms with van der Waals surface area (Å²) in [5.41, 5.74) is 6.24. The molecular weight excluding hydrogens is 450 g/mol. The number of nitrogens with two attached hydrogens (primary N) is 1. The number of halogens is 4. The van der Waals surface area contributed by atoms with E-state index in [1.54, 1.807) is 6.07 Å². The predicted octanol–water partition coefficient (Wildman–Crippen LogP) is 1.93. The third-order valence-electron chi connectivity index (χ3n) is 4.20. The summed E-state index contributed by atoms with van der Waals surface area (Å²) in [4.78, 5) is 9.12. The van der Waals surface area contributed by atoms with Crippen molar-refractivity contribution in [2.24, 2.45) is 10.7 Å². The first kappa shape index (κ1) is 20.0. The molecule has 0 amide bonds. The minimum atomic E-state index is -4.72. The molecule has 3 N–H and O–H groups in total. The molecule has 4 rings (SSSR count). The molecule has 1 atom stereocenters. The minimum absolute atomic E-state index is 0. The molecule has 25 heavy (non-hydrogen) atoms. The molecule has 3 aliphatic rings. The second-order valence-corrected chi connectivity index (χ2v) is 5.92. The average molecular weight is 471 g/mol. The normalized spacial score (nSPS) is 26.0. The van der Waals surface area contributed by atoms with E-state index in [2.05, 4.69) is 24.8 Å². The number of benzene rings is 1. The van der Waals surface area contributed by atoms with Crippen LogP contribution in [0.4, 0.5) is 18.9 Å². The standard InChI is InChI=1S/C15H20F3N5O.HI/c16-15(17,18)24-13-3-1-2-11(8-13)21-14(19)20-9-12-10-22-4-6-23(12)7-5-22;/h1-3,8,12H,4-7,9-10H2,(H3,19,20,21);1H. The maximum Gasteiger partial charge on any atom is 0.573 e. The van der Waals surface area contributed by atoms with Gasteiger partial charge in [-0.2, -0.15) is 0 Å². The quantitative estimate of drug-likeness (QED) is 0.399. The lowest BCUT2D eigenvalue weighted by molar-refractivity contribution is -0.274. The van der Waals surface area contributed by atoms with Gasteiger partial charge >= 0.3 is 6.36 Å². The first-order chi connectivity index (χ1) is 11.4. The maximum atomic E-state index is 12.2. The van der Waals surface area contributed by atoms with Crippen molar-refractivity contribution in [3.63, 3.8) is 0 Å². The van der Waals surface area contributed by atoms with E-state index in [9.17, 15) is 13.2 Å². The molecule has 3 fully saturated rings. The summed E-state index contributed by atoms with van der Waals surface area (Å²) in [6, 6.07) is 5.85. The van der Waals surface area contributed by atoms with Crippen LogP contribution in [0.15, 0.2) is 29.3 Å². The number of anilines is 1. The fourth-order valence-electron chi connectivity index (χ4n) is 3.06. The van der Waals surface area contributed by atoms with Gasteiger partial charge in [0.05, 0.1) is 6.54 Å². The van der Waals surface area contributed by atoms with Crippen molar-refractivity contribution in [3.8, 4) is 5.75 Å². The van der Waals surface area contributed by atoms with Crippen molar-refractivity contribution in [3.05, 3.63) is 24.3 Å². The maximum absolute atomic E-state index is 12.2. The molecule has 0 spiro atoms. The van der Waals surface area contributed by atoms with Gasteiger partial charge in [-0.05, 0) is 12.1 Å². The second kappa shape index (κ2) is 8.41. The number of nitrogens with zero attached hydrogens (tertiary/aromatic N) is 3. The number of rotatable bonds is 4. The number of fused-ring (bicyclic) bond motifs is 3. The Kier molecular flexibility index (Phi) is 6.74. The highest BCUT2D eigenvalue weighted by Crippen LogP contribution is 2.25. The molecule has 6 nitrogen and oxygen atoms in total. The smallest absolute Gasteiger partial charge is 0.406 e. The summed E-state index contributed by atoms with van der Waals surface area (Å²) < 4.78 is 40.6. The number of nitrogens with one attached hydrogen (secondary N) is 1. The Morgan fingerprint density at radius 2 is 2.00 bits per heavy atom. The highest BCUT2D eigenvalue weighted by Gasteiger charge is 2.32. The SMILES string of the molecule is I.NC(=NCC1CN2CCN1CC2)Nc1cccc(OC(F)(F)F)c1.